The predicted octanol–water partition coefficient (Wildman–Crippen LogP) is 5.69. The number of nitrogens with one attached hydrogen (secondary N) is 1. The van der Waals surface area contributed by atoms with Crippen molar-refractivity contribution in [3.8, 4) is 0 Å². The quantitative estimate of drug-likeness (QED) is 0.616. The maximum absolute atomic E-state index is 14.8. The number of nitrogens with zero attached hydrogens (tertiary/aromatic N) is 2. The van der Waals surface area contributed by atoms with Crippen molar-refractivity contribution in [2.45, 2.75) is 53.3 Å². The van der Waals surface area contributed by atoms with E-state index in [9.17, 15) is 26.7 Å². The molecule has 1 aliphatic rings. The van der Waals surface area contributed by atoms with Crippen LogP contribution in [0.2, 0.25) is 0 Å². The number of anilines is 2. The molecule has 0 saturated carbocycles. The molecule has 164 valence electrons. The lowest BCUT2D eigenvalue weighted by molar-refractivity contribution is -0.137. The van der Waals surface area contributed by atoms with E-state index >= 15 is 0 Å². The lowest BCUT2D eigenvalue weighted by Gasteiger charge is -2.29. The molecule has 1 aliphatic heterocycles. The Hall–Kier alpha value is -2.23. The fraction of sp³-hybridized carbons (Fsp3) is 0.500. The smallest absolute Gasteiger partial charge is 0.363 e. The molecule has 10 heteroatoms. The number of aryl methyl sites for hydroxylation is 1. The summed E-state index contributed by atoms with van der Waals surface area (Å²) < 4.78 is 68.3. The first-order chi connectivity index (χ1) is 13.8. The second-order valence-electron chi connectivity index (χ2n) is 8.56. The van der Waals surface area contributed by atoms with Gasteiger partial charge in [-0.3, -0.25) is 4.79 Å². The van der Waals surface area contributed by atoms with E-state index in [1.54, 1.807) is 6.92 Å². The third-order valence-electron chi connectivity index (χ3n) is 4.65. The molecule has 0 spiro atoms. The Bertz CT molecular complexity index is 978. The van der Waals surface area contributed by atoms with Crippen LogP contribution in [0.1, 0.15) is 48.3 Å². The summed E-state index contributed by atoms with van der Waals surface area (Å²) in [5, 5.41) is 1.50. The van der Waals surface area contributed by atoms with Crippen LogP contribution in [0.25, 0.3) is 0 Å². The Labute approximate surface area is 175 Å². The number of hydrogen-bond acceptors (Lipinski definition) is 4. The van der Waals surface area contributed by atoms with Crippen LogP contribution in [-0.2, 0) is 23.9 Å². The molecule has 30 heavy (non-hydrogen) atoms. The minimum Gasteiger partial charge on any atom is -0.363 e. The summed E-state index contributed by atoms with van der Waals surface area (Å²) in [6, 6.07) is 1.40. The number of rotatable bonds is 3. The summed E-state index contributed by atoms with van der Waals surface area (Å²) in [4.78, 5) is 17.7. The van der Waals surface area contributed by atoms with Crippen molar-refractivity contribution in [2.24, 2.45) is 5.41 Å². The SMILES string of the molecule is Cc1cc(N2CCc3nc(C(F)(F)F)sc3C2)c(F)c(F)c1NC(=O)CC(C)(C)C. The summed E-state index contributed by atoms with van der Waals surface area (Å²) in [5.41, 5.74) is 0.0823. The van der Waals surface area contributed by atoms with E-state index in [4.69, 9.17) is 0 Å². The van der Waals surface area contributed by atoms with Crippen LogP contribution in [0.3, 0.4) is 0 Å². The molecule has 0 aliphatic carbocycles. The molecular weight excluding hydrogens is 425 g/mol. The fourth-order valence-electron chi connectivity index (χ4n) is 3.31. The number of carbonyl (C=O) groups excluding carboxylic acids is 1. The molecule has 1 amide bonds. The van der Waals surface area contributed by atoms with Crippen LogP contribution in [0.4, 0.5) is 33.3 Å². The molecule has 0 fully saturated rings. The summed E-state index contributed by atoms with van der Waals surface area (Å²) >= 11 is 0.521. The highest BCUT2D eigenvalue weighted by atomic mass is 32.1. The van der Waals surface area contributed by atoms with Crippen molar-refractivity contribution in [3.63, 3.8) is 0 Å². The lowest BCUT2D eigenvalue weighted by Crippen LogP contribution is -2.31. The van der Waals surface area contributed by atoms with E-state index in [-0.39, 0.29) is 42.7 Å². The van der Waals surface area contributed by atoms with Gasteiger partial charge in [0, 0.05) is 24.3 Å². The highest BCUT2D eigenvalue weighted by molar-refractivity contribution is 7.11. The zero-order valence-corrected chi connectivity index (χ0v) is 17.8. The topological polar surface area (TPSA) is 45.2 Å². The second-order valence-corrected chi connectivity index (χ2v) is 9.64. The predicted molar refractivity (Wildman–Crippen MR) is 106 cm³/mol. The molecule has 2 heterocycles. The highest BCUT2D eigenvalue weighted by Crippen LogP contribution is 2.38. The number of halogens is 5. The number of carbonyl (C=O) groups is 1. The van der Waals surface area contributed by atoms with Crippen LogP contribution in [0, 0.1) is 24.0 Å². The molecule has 2 aromatic rings. The summed E-state index contributed by atoms with van der Waals surface area (Å²) in [6.45, 7) is 7.33. The first-order valence-electron chi connectivity index (χ1n) is 9.35. The number of thiazole rings is 1. The van der Waals surface area contributed by atoms with Gasteiger partial charge in [-0.1, -0.05) is 20.8 Å². The molecule has 0 atom stereocenters. The van der Waals surface area contributed by atoms with Crippen LogP contribution in [-0.4, -0.2) is 17.4 Å². The zero-order chi connectivity index (χ0) is 22.4. The number of hydrogen-bond donors (Lipinski definition) is 1. The van der Waals surface area contributed by atoms with Gasteiger partial charge in [0.15, 0.2) is 16.6 Å². The van der Waals surface area contributed by atoms with Crippen LogP contribution in [0.5, 0.6) is 0 Å². The Kier molecular flexibility index (Phi) is 5.83. The first-order valence-corrected chi connectivity index (χ1v) is 10.2. The second kappa shape index (κ2) is 7.79. The van der Waals surface area contributed by atoms with Crippen molar-refractivity contribution in [2.75, 3.05) is 16.8 Å². The first kappa shape index (κ1) is 22.5. The van der Waals surface area contributed by atoms with Crippen molar-refractivity contribution < 1.29 is 26.7 Å². The molecule has 0 bridgehead atoms. The van der Waals surface area contributed by atoms with Gasteiger partial charge in [-0.05, 0) is 24.0 Å². The third kappa shape index (κ3) is 4.74. The molecular formula is C20H22F5N3OS. The van der Waals surface area contributed by atoms with E-state index in [1.165, 1.54) is 11.0 Å². The minimum absolute atomic E-state index is 0.00854. The summed E-state index contributed by atoms with van der Waals surface area (Å²) in [6.07, 6.45) is -4.20. The molecule has 1 aromatic heterocycles. The average Bonchev–Trinajstić information content (AvgIpc) is 3.04. The maximum atomic E-state index is 14.8. The van der Waals surface area contributed by atoms with Crippen molar-refractivity contribution in [3.05, 3.63) is 38.8 Å². The normalized spacial score (nSPS) is 14.6. The Morgan fingerprint density at radius 3 is 2.50 bits per heavy atom. The maximum Gasteiger partial charge on any atom is 0.443 e. The Balaban J connectivity index is 1.86. The fourth-order valence-corrected chi connectivity index (χ4v) is 4.30. The van der Waals surface area contributed by atoms with Gasteiger partial charge in [0.2, 0.25) is 5.91 Å². The Morgan fingerprint density at radius 1 is 1.23 bits per heavy atom. The lowest BCUT2D eigenvalue weighted by atomic mass is 9.92. The molecule has 0 unspecified atom stereocenters. The standard InChI is InChI=1S/C20H22F5N3OS/c1-10-7-12(15(21)16(22)17(10)27-14(29)8-19(2,3)4)28-6-5-11-13(9-28)30-18(26-11)20(23,24)25/h7H,5-6,8-9H2,1-4H3,(H,27,29). The van der Waals surface area contributed by atoms with Crippen molar-refractivity contribution in [1.82, 2.24) is 4.98 Å². The molecule has 0 saturated heterocycles. The Morgan fingerprint density at radius 2 is 1.90 bits per heavy atom. The van der Waals surface area contributed by atoms with Gasteiger partial charge in [0.25, 0.3) is 0 Å². The minimum atomic E-state index is -4.53. The van der Waals surface area contributed by atoms with Crippen molar-refractivity contribution in [1.29, 1.82) is 0 Å². The number of benzene rings is 1. The molecule has 1 aromatic carbocycles. The monoisotopic (exact) mass is 447 g/mol. The van der Waals surface area contributed by atoms with Gasteiger partial charge in [-0.2, -0.15) is 13.2 Å². The van der Waals surface area contributed by atoms with Crippen LogP contribution in [0.15, 0.2) is 6.07 Å². The average molecular weight is 447 g/mol. The van der Waals surface area contributed by atoms with Crippen molar-refractivity contribution >= 4 is 28.6 Å². The van der Waals surface area contributed by atoms with E-state index in [2.05, 4.69) is 10.3 Å². The van der Waals surface area contributed by atoms with Gasteiger partial charge in [0.1, 0.15) is 0 Å². The van der Waals surface area contributed by atoms with E-state index in [0.717, 1.165) is 0 Å². The zero-order valence-electron chi connectivity index (χ0n) is 17.0. The highest BCUT2D eigenvalue weighted by Gasteiger charge is 2.37. The van der Waals surface area contributed by atoms with Gasteiger partial charge >= 0.3 is 6.18 Å². The number of amides is 1. The molecule has 1 N–H and O–H groups in total. The summed E-state index contributed by atoms with van der Waals surface area (Å²) in [7, 11) is 0. The number of aromatic nitrogens is 1. The summed E-state index contributed by atoms with van der Waals surface area (Å²) in [5.74, 6) is -2.75. The molecule has 4 nitrogen and oxygen atoms in total. The van der Waals surface area contributed by atoms with Gasteiger partial charge in [-0.25, -0.2) is 13.8 Å². The largest absolute Gasteiger partial charge is 0.443 e. The van der Waals surface area contributed by atoms with E-state index in [0.29, 0.717) is 27.5 Å². The molecule has 0 radical (unpaired) electrons. The number of alkyl halides is 3. The van der Waals surface area contributed by atoms with Crippen LogP contribution >= 0.6 is 11.3 Å². The van der Waals surface area contributed by atoms with Gasteiger partial charge in [0.05, 0.1) is 23.6 Å². The van der Waals surface area contributed by atoms with E-state index in [1.807, 2.05) is 20.8 Å². The van der Waals surface area contributed by atoms with E-state index < -0.39 is 28.7 Å². The number of fused-ring (bicyclic) bond motifs is 1. The van der Waals surface area contributed by atoms with Crippen LogP contribution < -0.4 is 10.2 Å². The third-order valence-corrected chi connectivity index (χ3v) is 5.78. The van der Waals surface area contributed by atoms with Gasteiger partial charge < -0.3 is 10.2 Å². The molecule has 3 rings (SSSR count). The van der Waals surface area contributed by atoms with Gasteiger partial charge in [-0.15, -0.1) is 11.3 Å².